The molecule has 1 N–H and O–H groups in total. The summed E-state index contributed by atoms with van der Waals surface area (Å²) >= 11 is 0. The van der Waals surface area contributed by atoms with Crippen LogP contribution in [0.1, 0.15) is 40.6 Å². The van der Waals surface area contributed by atoms with Gasteiger partial charge in [-0.2, -0.15) is 5.10 Å². The first-order valence-electron chi connectivity index (χ1n) is 9.79. The minimum absolute atomic E-state index is 0.0549. The number of amides is 1. The van der Waals surface area contributed by atoms with E-state index in [0.29, 0.717) is 11.6 Å². The van der Waals surface area contributed by atoms with Gasteiger partial charge < -0.3 is 10.1 Å². The molecule has 158 valence electrons. The predicted octanol–water partition coefficient (Wildman–Crippen LogP) is 4.59. The van der Waals surface area contributed by atoms with Crippen LogP contribution in [0.2, 0.25) is 0 Å². The molecule has 1 aliphatic rings. The van der Waals surface area contributed by atoms with E-state index in [1.807, 2.05) is 34.8 Å². The molecule has 0 bridgehead atoms. The summed E-state index contributed by atoms with van der Waals surface area (Å²) in [6.07, 6.45) is -2.77. The number of alkyl halides is 3. The molecule has 5 rings (SSSR count). The molecule has 0 aliphatic heterocycles. The summed E-state index contributed by atoms with van der Waals surface area (Å²) in [5, 5.41) is 8.18. The van der Waals surface area contributed by atoms with Gasteiger partial charge in [-0.1, -0.05) is 30.3 Å². The predicted molar refractivity (Wildman–Crippen MR) is 107 cm³/mol. The molecule has 2 heterocycles. The maximum Gasteiger partial charge on any atom is 0.573 e. The Hall–Kier alpha value is -3.62. The zero-order chi connectivity index (χ0) is 21.6. The number of carbonyl (C=O) groups excluding carboxylic acids is 1. The maximum atomic E-state index is 12.6. The van der Waals surface area contributed by atoms with Crippen molar-refractivity contribution in [1.29, 1.82) is 0 Å². The van der Waals surface area contributed by atoms with Crippen LogP contribution in [0.4, 0.5) is 13.2 Å². The normalized spacial score (nSPS) is 14.2. The molecule has 0 saturated heterocycles. The highest BCUT2D eigenvalue weighted by atomic mass is 19.4. The zero-order valence-electron chi connectivity index (χ0n) is 16.2. The van der Waals surface area contributed by atoms with E-state index >= 15 is 0 Å². The van der Waals surface area contributed by atoms with Crippen molar-refractivity contribution in [3.63, 3.8) is 0 Å². The van der Waals surface area contributed by atoms with Crippen LogP contribution in [0.25, 0.3) is 16.4 Å². The van der Waals surface area contributed by atoms with Gasteiger partial charge in [-0.25, -0.2) is 9.50 Å². The summed E-state index contributed by atoms with van der Waals surface area (Å²) < 4.78 is 43.6. The van der Waals surface area contributed by atoms with Crippen molar-refractivity contribution >= 4 is 22.3 Å². The first kappa shape index (κ1) is 19.3. The second-order valence-corrected chi connectivity index (χ2v) is 7.42. The van der Waals surface area contributed by atoms with E-state index in [2.05, 4.69) is 15.2 Å². The highest BCUT2D eigenvalue weighted by Gasteiger charge is 2.33. The SMILES string of the molecule is O=C(NCc1cc2c3ccccc3nc(C3CC3)n2n1)c1ccccc1OC(F)(F)F. The van der Waals surface area contributed by atoms with Crippen molar-refractivity contribution in [2.24, 2.45) is 0 Å². The Labute approximate surface area is 174 Å². The number of hydrogen-bond donors (Lipinski definition) is 1. The number of hydrogen-bond acceptors (Lipinski definition) is 4. The highest BCUT2D eigenvalue weighted by molar-refractivity contribution is 5.97. The lowest BCUT2D eigenvalue weighted by atomic mass is 10.2. The second-order valence-electron chi connectivity index (χ2n) is 7.42. The molecule has 1 aliphatic carbocycles. The monoisotopic (exact) mass is 426 g/mol. The van der Waals surface area contributed by atoms with Gasteiger partial charge in [0.2, 0.25) is 0 Å². The van der Waals surface area contributed by atoms with Crippen LogP contribution < -0.4 is 10.1 Å². The summed E-state index contributed by atoms with van der Waals surface area (Å²) in [4.78, 5) is 17.3. The Morgan fingerprint density at radius 2 is 1.87 bits per heavy atom. The first-order valence-corrected chi connectivity index (χ1v) is 9.79. The number of ether oxygens (including phenoxy) is 1. The van der Waals surface area contributed by atoms with Crippen molar-refractivity contribution in [3.05, 3.63) is 71.7 Å². The van der Waals surface area contributed by atoms with Crippen molar-refractivity contribution in [2.45, 2.75) is 31.7 Å². The molecule has 0 atom stereocenters. The molecular weight excluding hydrogens is 409 g/mol. The van der Waals surface area contributed by atoms with Crippen molar-refractivity contribution < 1.29 is 22.7 Å². The van der Waals surface area contributed by atoms with Gasteiger partial charge in [-0.3, -0.25) is 4.79 Å². The average Bonchev–Trinajstić information content (AvgIpc) is 3.49. The number of aromatic nitrogens is 3. The molecule has 0 unspecified atom stereocenters. The summed E-state index contributed by atoms with van der Waals surface area (Å²) in [6, 6.07) is 14.9. The molecule has 2 aromatic heterocycles. The Bertz CT molecular complexity index is 1300. The minimum Gasteiger partial charge on any atom is -0.405 e. The fraction of sp³-hybridized carbons (Fsp3) is 0.227. The van der Waals surface area contributed by atoms with Gasteiger partial charge in [0.05, 0.1) is 28.8 Å². The van der Waals surface area contributed by atoms with Crippen LogP contribution in [0, 0.1) is 0 Å². The summed E-state index contributed by atoms with van der Waals surface area (Å²) in [6.45, 7) is 0.0549. The van der Waals surface area contributed by atoms with E-state index in [4.69, 9.17) is 4.98 Å². The van der Waals surface area contributed by atoms with Crippen molar-refractivity contribution in [1.82, 2.24) is 19.9 Å². The van der Waals surface area contributed by atoms with E-state index in [-0.39, 0.29) is 12.1 Å². The topological polar surface area (TPSA) is 68.5 Å². The third-order valence-corrected chi connectivity index (χ3v) is 5.12. The fourth-order valence-electron chi connectivity index (χ4n) is 3.58. The number of carbonyl (C=O) groups is 1. The molecule has 2 aromatic carbocycles. The number of fused-ring (bicyclic) bond motifs is 3. The van der Waals surface area contributed by atoms with Gasteiger partial charge in [-0.05, 0) is 37.1 Å². The highest BCUT2D eigenvalue weighted by Crippen LogP contribution is 2.40. The molecule has 31 heavy (non-hydrogen) atoms. The maximum absolute atomic E-state index is 12.6. The Morgan fingerprint density at radius 3 is 2.65 bits per heavy atom. The van der Waals surface area contributed by atoms with Crippen LogP contribution >= 0.6 is 0 Å². The molecule has 0 radical (unpaired) electrons. The number of halogens is 3. The summed E-state index contributed by atoms with van der Waals surface area (Å²) in [5.74, 6) is 0.0204. The van der Waals surface area contributed by atoms with Gasteiger partial charge >= 0.3 is 6.36 Å². The number of nitrogens with one attached hydrogen (secondary N) is 1. The molecule has 1 fully saturated rings. The third-order valence-electron chi connectivity index (χ3n) is 5.12. The Balaban J connectivity index is 1.43. The molecular formula is C22H17F3N4O2. The van der Waals surface area contributed by atoms with E-state index in [9.17, 15) is 18.0 Å². The minimum atomic E-state index is -4.88. The van der Waals surface area contributed by atoms with Gasteiger partial charge in [-0.15, -0.1) is 13.2 Å². The van der Waals surface area contributed by atoms with E-state index < -0.39 is 18.0 Å². The zero-order valence-corrected chi connectivity index (χ0v) is 16.2. The van der Waals surface area contributed by atoms with Gasteiger partial charge in [0, 0.05) is 11.3 Å². The van der Waals surface area contributed by atoms with Crippen LogP contribution in [-0.4, -0.2) is 26.9 Å². The van der Waals surface area contributed by atoms with Crippen LogP contribution in [0.5, 0.6) is 5.75 Å². The largest absolute Gasteiger partial charge is 0.573 e. The summed E-state index contributed by atoms with van der Waals surface area (Å²) in [7, 11) is 0. The molecule has 6 nitrogen and oxygen atoms in total. The van der Waals surface area contributed by atoms with Gasteiger partial charge in [0.25, 0.3) is 5.91 Å². The van der Waals surface area contributed by atoms with E-state index in [0.717, 1.165) is 41.2 Å². The molecule has 4 aromatic rings. The molecule has 1 saturated carbocycles. The smallest absolute Gasteiger partial charge is 0.405 e. The fourth-order valence-corrected chi connectivity index (χ4v) is 3.58. The molecule has 9 heteroatoms. The number of benzene rings is 2. The number of rotatable bonds is 5. The summed E-state index contributed by atoms with van der Waals surface area (Å²) in [5.41, 5.74) is 2.15. The van der Waals surface area contributed by atoms with Gasteiger partial charge in [0.15, 0.2) is 0 Å². The third kappa shape index (κ3) is 3.90. The van der Waals surface area contributed by atoms with Crippen molar-refractivity contribution in [2.75, 3.05) is 0 Å². The lowest BCUT2D eigenvalue weighted by molar-refractivity contribution is -0.274. The van der Waals surface area contributed by atoms with Crippen LogP contribution in [0.15, 0.2) is 54.6 Å². The molecule has 1 amide bonds. The Morgan fingerprint density at radius 1 is 1.13 bits per heavy atom. The number of para-hydroxylation sites is 2. The quantitative estimate of drug-likeness (QED) is 0.507. The first-order chi connectivity index (χ1) is 14.9. The van der Waals surface area contributed by atoms with Gasteiger partial charge in [0.1, 0.15) is 11.6 Å². The van der Waals surface area contributed by atoms with Crippen LogP contribution in [-0.2, 0) is 6.54 Å². The van der Waals surface area contributed by atoms with Crippen LogP contribution in [0.3, 0.4) is 0 Å². The average molecular weight is 426 g/mol. The Kier molecular flexibility index (Phi) is 4.53. The standard InChI is InChI=1S/C22H17F3N4O2/c23-22(24,25)31-19-8-4-2-6-16(19)21(30)26-12-14-11-18-15-5-1-3-7-17(15)27-20(13-9-10-13)29(18)28-14/h1-8,11,13H,9-10,12H2,(H,26,30). The lowest BCUT2D eigenvalue weighted by Crippen LogP contribution is -2.25. The van der Waals surface area contributed by atoms with E-state index in [1.165, 1.54) is 18.2 Å². The lowest BCUT2D eigenvalue weighted by Gasteiger charge is -2.12. The van der Waals surface area contributed by atoms with E-state index in [1.54, 1.807) is 0 Å². The molecule has 0 spiro atoms. The van der Waals surface area contributed by atoms with Crippen molar-refractivity contribution in [3.8, 4) is 5.75 Å². The number of nitrogens with zero attached hydrogens (tertiary/aromatic N) is 3. The second kappa shape index (κ2) is 7.26.